The van der Waals surface area contributed by atoms with Gasteiger partial charge in [0.15, 0.2) is 0 Å². The first-order valence-corrected chi connectivity index (χ1v) is 27.8. The molecular weight excluding hydrogens is 979 g/mol. The molecule has 12 heteroatoms. The van der Waals surface area contributed by atoms with E-state index in [0.29, 0.717) is 45.1 Å². The van der Waals surface area contributed by atoms with Crippen LogP contribution in [-0.4, -0.2) is 112 Å². The Bertz CT molecular complexity index is 2810. The second-order valence-electron chi connectivity index (χ2n) is 21.5. The van der Waals surface area contributed by atoms with Crippen molar-refractivity contribution in [3.8, 4) is 40.2 Å². The molecule has 10 rings (SSSR count). The van der Waals surface area contributed by atoms with E-state index in [1.54, 1.807) is 38.5 Å². The van der Waals surface area contributed by atoms with Crippen LogP contribution in [0.4, 0.5) is 5.69 Å². The number of fused-ring (bicyclic) bond motifs is 2. The summed E-state index contributed by atoms with van der Waals surface area (Å²) < 4.78 is 41.8. The van der Waals surface area contributed by atoms with Gasteiger partial charge in [0.05, 0.1) is 13.2 Å². The Morgan fingerprint density at radius 1 is 0.551 bits per heavy atom. The lowest BCUT2D eigenvalue weighted by Crippen LogP contribution is -2.35. The number of phenols is 2. The van der Waals surface area contributed by atoms with Crippen molar-refractivity contribution in [1.82, 2.24) is 9.80 Å². The normalized spacial score (nSPS) is 19.9. The van der Waals surface area contributed by atoms with Crippen molar-refractivity contribution in [3.63, 3.8) is 0 Å². The minimum Gasteiger partial charge on any atom is -0.508 e. The van der Waals surface area contributed by atoms with Crippen LogP contribution < -0.4 is 29.0 Å². The van der Waals surface area contributed by atoms with Crippen LogP contribution in [0, 0.1) is 11.8 Å². The van der Waals surface area contributed by atoms with Gasteiger partial charge < -0.3 is 48.7 Å². The predicted octanol–water partition coefficient (Wildman–Crippen LogP) is 13.2. The van der Waals surface area contributed by atoms with Gasteiger partial charge >= 0.3 is 0 Å². The quantitative estimate of drug-likeness (QED) is 0.0631. The monoisotopic (exact) mass is 1060 g/mol. The summed E-state index contributed by atoms with van der Waals surface area (Å²) in [5, 5.41) is 23.9. The number of likely N-dealkylation sites (tertiary alicyclic amines) is 2. The van der Waals surface area contributed by atoms with Gasteiger partial charge in [-0.25, -0.2) is 0 Å². The maximum absolute atomic E-state index is 10.3. The van der Waals surface area contributed by atoms with Crippen molar-refractivity contribution in [2.75, 3.05) is 85.3 Å². The number of benzene rings is 6. The molecule has 0 amide bonds. The predicted molar refractivity (Wildman–Crippen MR) is 312 cm³/mol. The van der Waals surface area contributed by atoms with E-state index in [1.807, 2.05) is 78.9 Å². The number of methoxy groups -OCH3 is 2. The maximum atomic E-state index is 10.3. The van der Waals surface area contributed by atoms with Crippen molar-refractivity contribution in [2.24, 2.45) is 11.8 Å². The molecule has 4 aliphatic heterocycles. The van der Waals surface area contributed by atoms with Gasteiger partial charge in [-0.3, -0.25) is 9.80 Å². The number of nitrogens with zero attached hydrogens (tertiary/aromatic N) is 2. The summed E-state index contributed by atoms with van der Waals surface area (Å²) in [4.78, 5) is 5.02. The lowest BCUT2D eigenvalue weighted by Gasteiger charge is -2.31. The molecule has 6 unspecified atom stereocenters. The fraction of sp³-hybridized carbons (Fsp3) is 0.394. The van der Waals surface area contributed by atoms with Crippen LogP contribution in [0.5, 0.6) is 40.2 Å². The van der Waals surface area contributed by atoms with Crippen LogP contribution in [-0.2, 0) is 9.47 Å². The molecule has 6 atom stereocenters. The van der Waals surface area contributed by atoms with Crippen LogP contribution in [0.1, 0.15) is 100.0 Å². The molecule has 0 bridgehead atoms. The molecule has 4 aliphatic rings. The lowest BCUT2D eigenvalue weighted by atomic mass is 9.86. The third-order valence-corrected chi connectivity index (χ3v) is 15.6. The smallest absolute Gasteiger partial charge is 0.150 e. The van der Waals surface area contributed by atoms with E-state index in [4.69, 9.17) is 33.2 Å². The van der Waals surface area contributed by atoms with Gasteiger partial charge in [0.2, 0.25) is 0 Å². The number of aromatic hydroxyl groups is 2. The Morgan fingerprint density at radius 2 is 1.03 bits per heavy atom. The topological polar surface area (TPSA) is 124 Å². The summed E-state index contributed by atoms with van der Waals surface area (Å²) >= 11 is 0. The van der Waals surface area contributed by atoms with Gasteiger partial charge in [-0.2, -0.15) is 0 Å². The number of nitrogens with one attached hydrogen (secondary N) is 1. The van der Waals surface area contributed by atoms with Crippen molar-refractivity contribution in [3.05, 3.63) is 167 Å². The molecule has 6 aromatic carbocycles. The van der Waals surface area contributed by atoms with E-state index in [2.05, 4.69) is 87.0 Å². The summed E-state index contributed by atoms with van der Waals surface area (Å²) in [5.41, 5.74) is 11.2. The van der Waals surface area contributed by atoms with E-state index >= 15 is 0 Å². The molecule has 0 spiro atoms. The molecule has 4 heterocycles. The molecule has 0 saturated carbocycles. The standard InChI is InChI=1S/C33H40N2O4.C33H39NO5/c1-22-14-16-35(20-22)23(2)21-38-29-11-8-25(9-12-29)33-32(26-6-5-7-28(36)18-26)24(3)30-19-27(34-15-17-37-4)10-13-31(30)39-33;1-22-14-15-34(20-22)23(2)21-38-28-10-8-25(9-11-28)33-32(26-6-5-7-27(35)18-26)24(3)30-19-29(37-17-16-36-4)12-13-31(30)39-33/h5-13,18-19,22-23,33-34,36H,14-17,20-21H2,1-4H3;5-13,18-19,22-23,33,35H,14-17,20-21H2,1-4H3. The van der Waals surface area contributed by atoms with E-state index in [-0.39, 0.29) is 23.7 Å². The molecular formula is C66H79N3O9. The van der Waals surface area contributed by atoms with Crippen LogP contribution in [0.25, 0.3) is 22.3 Å². The molecule has 0 aromatic heterocycles. The van der Waals surface area contributed by atoms with E-state index < -0.39 is 0 Å². The number of hydrogen-bond acceptors (Lipinski definition) is 12. The Morgan fingerprint density at radius 3 is 1.49 bits per heavy atom. The van der Waals surface area contributed by atoms with Gasteiger partial charge in [-0.1, -0.05) is 62.4 Å². The van der Waals surface area contributed by atoms with Crippen molar-refractivity contribution < 1.29 is 43.4 Å². The molecule has 3 N–H and O–H groups in total. The summed E-state index contributed by atoms with van der Waals surface area (Å²) in [6.07, 6.45) is 1.88. The van der Waals surface area contributed by atoms with Gasteiger partial charge in [0, 0.05) is 73.9 Å². The molecule has 2 saturated heterocycles. The Kier molecular flexibility index (Phi) is 18.7. The fourth-order valence-corrected chi connectivity index (χ4v) is 11.0. The zero-order chi connectivity index (χ0) is 54.7. The van der Waals surface area contributed by atoms with Gasteiger partial charge in [0.25, 0.3) is 0 Å². The second kappa shape index (κ2) is 26.1. The minimum absolute atomic E-state index is 0.222. The number of phenolic OH excluding ortho intramolecular Hbond substituents is 2. The summed E-state index contributed by atoms with van der Waals surface area (Å²) in [5.74, 6) is 6.11. The molecule has 6 aromatic rings. The van der Waals surface area contributed by atoms with Gasteiger partial charge in [0.1, 0.15) is 72.3 Å². The highest BCUT2D eigenvalue weighted by Gasteiger charge is 2.32. The van der Waals surface area contributed by atoms with Crippen molar-refractivity contribution in [2.45, 2.75) is 78.7 Å². The summed E-state index contributed by atoms with van der Waals surface area (Å²) in [6, 6.07) is 44.1. The Labute approximate surface area is 462 Å². The van der Waals surface area contributed by atoms with Crippen LogP contribution in [0.15, 0.2) is 133 Å². The zero-order valence-electron chi connectivity index (χ0n) is 46.8. The third kappa shape index (κ3) is 13.6. The first-order valence-electron chi connectivity index (χ1n) is 27.8. The molecule has 0 aliphatic carbocycles. The number of allylic oxidation sites excluding steroid dienone is 2. The minimum atomic E-state index is -0.335. The number of hydrogen-bond donors (Lipinski definition) is 3. The van der Waals surface area contributed by atoms with Crippen LogP contribution >= 0.6 is 0 Å². The third-order valence-electron chi connectivity index (χ3n) is 15.6. The molecule has 12 nitrogen and oxygen atoms in total. The number of ether oxygens (including phenoxy) is 7. The highest BCUT2D eigenvalue weighted by atomic mass is 16.5. The van der Waals surface area contributed by atoms with E-state index in [1.165, 1.54) is 12.8 Å². The second-order valence-corrected chi connectivity index (χ2v) is 21.5. The Balaban J connectivity index is 0.000000190. The van der Waals surface area contributed by atoms with Gasteiger partial charge in [-0.15, -0.1) is 0 Å². The lowest BCUT2D eigenvalue weighted by molar-refractivity contribution is 0.146. The highest BCUT2D eigenvalue weighted by Crippen LogP contribution is 2.49. The summed E-state index contributed by atoms with van der Waals surface area (Å²) in [6.45, 7) is 21.6. The SMILES string of the molecule is COCCNc1ccc2c(c1)C(C)=C(c1cccc(O)c1)C(c1ccc(OCC(C)N3CCC(C)C3)cc1)O2.COCCOc1ccc2c(c1)C(C)=C(c1cccc(O)c1)C(c1ccc(OCC(C)N3CCC(C)C3)cc1)O2. The maximum Gasteiger partial charge on any atom is 0.150 e. The Hall–Kier alpha value is -6.96. The molecule has 412 valence electrons. The fourth-order valence-electron chi connectivity index (χ4n) is 11.0. The first-order chi connectivity index (χ1) is 37.8. The average molecular weight is 1060 g/mol. The molecule has 2 fully saturated rings. The van der Waals surface area contributed by atoms with E-state index in [0.717, 1.165) is 135 Å². The molecule has 0 radical (unpaired) electrons. The number of rotatable bonds is 20. The summed E-state index contributed by atoms with van der Waals surface area (Å²) in [7, 11) is 3.36. The average Bonchev–Trinajstić information content (AvgIpc) is 4.23. The number of anilines is 1. The van der Waals surface area contributed by atoms with Crippen molar-refractivity contribution >= 4 is 28.0 Å². The van der Waals surface area contributed by atoms with Crippen molar-refractivity contribution in [1.29, 1.82) is 0 Å². The van der Waals surface area contributed by atoms with E-state index in [9.17, 15) is 10.2 Å². The van der Waals surface area contributed by atoms with Crippen LogP contribution in [0.3, 0.4) is 0 Å². The van der Waals surface area contributed by atoms with Gasteiger partial charge in [-0.05, 0) is 184 Å². The largest absolute Gasteiger partial charge is 0.508 e. The zero-order valence-corrected chi connectivity index (χ0v) is 46.8. The molecule has 78 heavy (non-hydrogen) atoms. The van der Waals surface area contributed by atoms with Crippen LogP contribution in [0.2, 0.25) is 0 Å². The first kappa shape index (κ1) is 55.8. The highest BCUT2D eigenvalue weighted by molar-refractivity contribution is 5.97.